The van der Waals surface area contributed by atoms with E-state index < -0.39 is 0 Å². The first-order valence-corrected chi connectivity index (χ1v) is 7.30. The van der Waals surface area contributed by atoms with Crippen LogP contribution < -0.4 is 4.74 Å². The molecule has 2 atom stereocenters. The van der Waals surface area contributed by atoms with Crippen LogP contribution in [0.2, 0.25) is 0 Å². The topological polar surface area (TPSA) is 36.3 Å². The molecule has 1 aromatic heterocycles. The Labute approximate surface area is 124 Å². The Morgan fingerprint density at radius 3 is 2.70 bits per heavy atom. The number of halogens is 1. The molecule has 1 aromatic carbocycles. The Morgan fingerprint density at radius 1 is 1.35 bits per heavy atom. The molecular weight excluding hydrogens is 276 g/mol. The van der Waals surface area contributed by atoms with E-state index in [1.54, 1.807) is 7.11 Å². The molecule has 0 amide bonds. The number of rotatable bonds is 6. The Morgan fingerprint density at radius 2 is 2.10 bits per heavy atom. The van der Waals surface area contributed by atoms with Gasteiger partial charge in [-0.05, 0) is 32.9 Å². The number of benzene rings is 1. The van der Waals surface area contributed by atoms with Crippen molar-refractivity contribution in [2.75, 3.05) is 13.7 Å². The highest BCUT2D eigenvalue weighted by molar-refractivity contribution is 6.20. The molecule has 0 spiro atoms. The largest absolute Gasteiger partial charge is 0.494 e. The van der Waals surface area contributed by atoms with Gasteiger partial charge in [0.1, 0.15) is 17.1 Å². The van der Waals surface area contributed by atoms with Crippen LogP contribution in [0.4, 0.5) is 0 Å². The first-order valence-electron chi connectivity index (χ1n) is 6.87. The van der Waals surface area contributed by atoms with E-state index in [1.807, 2.05) is 32.0 Å². The minimum Gasteiger partial charge on any atom is -0.494 e. The molecule has 5 heteroatoms. The Hall–Kier alpha value is -1.26. The second-order valence-electron chi connectivity index (χ2n) is 4.79. The van der Waals surface area contributed by atoms with E-state index in [-0.39, 0.29) is 11.5 Å². The molecule has 0 saturated carbocycles. The summed E-state index contributed by atoms with van der Waals surface area (Å²) in [5.74, 6) is 1.61. The van der Waals surface area contributed by atoms with E-state index >= 15 is 0 Å². The maximum Gasteiger partial charge on any atom is 0.146 e. The quantitative estimate of drug-likeness (QED) is 0.761. The van der Waals surface area contributed by atoms with Gasteiger partial charge in [0.25, 0.3) is 0 Å². The monoisotopic (exact) mass is 296 g/mol. The summed E-state index contributed by atoms with van der Waals surface area (Å²) in [5.41, 5.74) is 1.87. The van der Waals surface area contributed by atoms with Crippen molar-refractivity contribution >= 4 is 22.6 Å². The van der Waals surface area contributed by atoms with E-state index in [2.05, 4.69) is 16.5 Å². The summed E-state index contributed by atoms with van der Waals surface area (Å²) in [5, 5.41) is -0.166. The van der Waals surface area contributed by atoms with Crippen molar-refractivity contribution in [3.63, 3.8) is 0 Å². The molecule has 0 bridgehead atoms. The molecule has 0 aliphatic rings. The molecule has 0 aliphatic carbocycles. The first-order chi connectivity index (χ1) is 9.58. The number of aromatic nitrogens is 2. The van der Waals surface area contributed by atoms with Gasteiger partial charge in [-0.15, -0.1) is 11.6 Å². The van der Waals surface area contributed by atoms with Crippen LogP contribution in [0.3, 0.4) is 0 Å². The van der Waals surface area contributed by atoms with Crippen molar-refractivity contribution in [1.29, 1.82) is 0 Å². The number of hydrogen-bond donors (Lipinski definition) is 0. The Balaban J connectivity index is 2.52. The summed E-state index contributed by atoms with van der Waals surface area (Å²) in [7, 11) is 1.65. The third-order valence-corrected chi connectivity index (χ3v) is 3.43. The van der Waals surface area contributed by atoms with Crippen molar-refractivity contribution in [2.24, 2.45) is 0 Å². The van der Waals surface area contributed by atoms with Crippen LogP contribution in [-0.2, 0) is 11.3 Å². The zero-order chi connectivity index (χ0) is 14.7. The van der Waals surface area contributed by atoms with E-state index in [0.29, 0.717) is 6.61 Å². The number of alkyl halides is 1. The van der Waals surface area contributed by atoms with Gasteiger partial charge in [0.2, 0.25) is 0 Å². The lowest BCUT2D eigenvalue weighted by molar-refractivity contribution is 0.0642. The summed E-state index contributed by atoms with van der Waals surface area (Å²) in [6, 6.07) is 5.91. The normalized spacial score (nSPS) is 14.4. The highest BCUT2D eigenvalue weighted by Crippen LogP contribution is 2.30. The molecule has 4 nitrogen and oxygen atoms in total. The van der Waals surface area contributed by atoms with Crippen LogP contribution >= 0.6 is 11.6 Å². The Kier molecular flexibility index (Phi) is 4.89. The SMILES string of the molecule is CCOC(C)Cn1c(C(C)Cl)nc2c(OC)cccc21. The second kappa shape index (κ2) is 6.46. The molecule has 0 N–H and O–H groups in total. The third-order valence-electron chi connectivity index (χ3n) is 3.24. The summed E-state index contributed by atoms with van der Waals surface area (Å²) in [6.45, 7) is 7.40. The molecule has 110 valence electrons. The minimum atomic E-state index is -0.166. The predicted molar refractivity (Wildman–Crippen MR) is 81.6 cm³/mol. The molecular formula is C15H21ClN2O2. The summed E-state index contributed by atoms with van der Waals surface area (Å²) in [4.78, 5) is 4.65. The summed E-state index contributed by atoms with van der Waals surface area (Å²) >= 11 is 6.27. The van der Waals surface area contributed by atoms with Crippen molar-refractivity contribution in [2.45, 2.75) is 38.8 Å². The number of para-hydroxylation sites is 1. The van der Waals surface area contributed by atoms with Crippen LogP contribution in [0, 0.1) is 0 Å². The minimum absolute atomic E-state index is 0.109. The number of ether oxygens (including phenoxy) is 2. The number of nitrogens with zero attached hydrogens (tertiary/aromatic N) is 2. The predicted octanol–water partition coefficient (Wildman–Crippen LogP) is 3.77. The van der Waals surface area contributed by atoms with Crippen molar-refractivity contribution in [3.05, 3.63) is 24.0 Å². The van der Waals surface area contributed by atoms with Gasteiger partial charge in [-0.2, -0.15) is 0 Å². The van der Waals surface area contributed by atoms with Gasteiger partial charge < -0.3 is 14.0 Å². The zero-order valence-electron chi connectivity index (χ0n) is 12.4. The average molecular weight is 297 g/mol. The van der Waals surface area contributed by atoms with Gasteiger partial charge in [-0.3, -0.25) is 0 Å². The second-order valence-corrected chi connectivity index (χ2v) is 5.45. The first kappa shape index (κ1) is 15.1. The molecule has 0 saturated heterocycles. The lowest BCUT2D eigenvalue weighted by Crippen LogP contribution is -2.18. The molecule has 2 rings (SSSR count). The van der Waals surface area contributed by atoms with Crippen LogP contribution in [-0.4, -0.2) is 29.4 Å². The summed E-state index contributed by atoms with van der Waals surface area (Å²) < 4.78 is 13.1. The van der Waals surface area contributed by atoms with E-state index in [4.69, 9.17) is 21.1 Å². The third kappa shape index (κ3) is 2.91. The maximum atomic E-state index is 6.27. The summed E-state index contributed by atoms with van der Waals surface area (Å²) in [6.07, 6.45) is 0.109. The molecule has 2 unspecified atom stereocenters. The van der Waals surface area contributed by atoms with E-state index in [9.17, 15) is 0 Å². The maximum absolute atomic E-state index is 6.27. The smallest absolute Gasteiger partial charge is 0.146 e. The highest BCUT2D eigenvalue weighted by atomic mass is 35.5. The number of imidazole rings is 1. The zero-order valence-corrected chi connectivity index (χ0v) is 13.1. The van der Waals surface area contributed by atoms with Gasteiger partial charge in [0, 0.05) is 6.61 Å². The van der Waals surface area contributed by atoms with Gasteiger partial charge >= 0.3 is 0 Å². The van der Waals surface area contributed by atoms with Gasteiger partial charge in [-0.25, -0.2) is 4.98 Å². The molecule has 1 heterocycles. The van der Waals surface area contributed by atoms with Gasteiger partial charge in [-0.1, -0.05) is 6.07 Å². The highest BCUT2D eigenvalue weighted by Gasteiger charge is 2.18. The van der Waals surface area contributed by atoms with Gasteiger partial charge in [0.15, 0.2) is 0 Å². The lowest BCUT2D eigenvalue weighted by Gasteiger charge is -2.16. The van der Waals surface area contributed by atoms with Crippen molar-refractivity contribution in [1.82, 2.24) is 9.55 Å². The van der Waals surface area contributed by atoms with Crippen LogP contribution in [0.5, 0.6) is 5.75 Å². The number of hydrogen-bond acceptors (Lipinski definition) is 3. The fourth-order valence-corrected chi connectivity index (χ4v) is 2.56. The standard InChI is InChI=1S/C15H21ClN2O2/c1-5-20-10(2)9-18-12-7-6-8-13(19-4)14(12)17-15(18)11(3)16/h6-8,10-11H,5,9H2,1-4H3. The lowest BCUT2D eigenvalue weighted by atomic mass is 10.3. The fourth-order valence-electron chi connectivity index (χ4n) is 2.39. The molecule has 0 radical (unpaired) electrons. The van der Waals surface area contributed by atoms with E-state index in [1.165, 1.54) is 0 Å². The van der Waals surface area contributed by atoms with E-state index in [0.717, 1.165) is 29.2 Å². The van der Waals surface area contributed by atoms with Crippen molar-refractivity contribution in [3.8, 4) is 5.75 Å². The van der Waals surface area contributed by atoms with Crippen molar-refractivity contribution < 1.29 is 9.47 Å². The average Bonchev–Trinajstić information content (AvgIpc) is 2.78. The Bertz CT molecular complexity index is 581. The number of methoxy groups -OCH3 is 1. The van der Waals surface area contributed by atoms with Crippen LogP contribution in [0.1, 0.15) is 32.0 Å². The number of fused-ring (bicyclic) bond motifs is 1. The van der Waals surface area contributed by atoms with Gasteiger partial charge in [0.05, 0.1) is 30.7 Å². The molecule has 2 aromatic rings. The van der Waals surface area contributed by atoms with Crippen LogP contribution in [0.15, 0.2) is 18.2 Å². The molecule has 0 fully saturated rings. The molecule has 0 aliphatic heterocycles. The van der Waals surface area contributed by atoms with Crippen LogP contribution in [0.25, 0.3) is 11.0 Å². The fraction of sp³-hybridized carbons (Fsp3) is 0.533. The molecule has 20 heavy (non-hydrogen) atoms.